The van der Waals surface area contributed by atoms with Gasteiger partial charge < -0.3 is 5.73 Å². The molecule has 0 bridgehead atoms. The maximum absolute atomic E-state index is 11.5. The Balaban J connectivity index is 0.000000829. The maximum atomic E-state index is 11.5. The van der Waals surface area contributed by atoms with Crippen molar-refractivity contribution in [2.45, 2.75) is 98.4 Å². The summed E-state index contributed by atoms with van der Waals surface area (Å²) in [7, 11) is 0. The van der Waals surface area contributed by atoms with Crippen LogP contribution in [0.5, 0.6) is 0 Å². The van der Waals surface area contributed by atoms with E-state index in [9.17, 15) is 4.79 Å². The lowest BCUT2D eigenvalue weighted by atomic mass is 9.58. The van der Waals surface area contributed by atoms with Gasteiger partial charge in [-0.25, -0.2) is 0 Å². The van der Waals surface area contributed by atoms with E-state index in [1.54, 1.807) is 0 Å². The van der Waals surface area contributed by atoms with Gasteiger partial charge in [0.1, 0.15) is 5.78 Å². The molecule has 2 saturated carbocycles. The van der Waals surface area contributed by atoms with Crippen molar-refractivity contribution in [2.24, 2.45) is 17.1 Å². The van der Waals surface area contributed by atoms with Gasteiger partial charge in [0.05, 0.1) is 6.04 Å². The van der Waals surface area contributed by atoms with Gasteiger partial charge in [-0.15, -0.1) is 0 Å². The molecule has 0 aliphatic heterocycles. The predicted octanol–water partition coefficient (Wildman–Crippen LogP) is 5.10. The summed E-state index contributed by atoms with van der Waals surface area (Å²) in [6.45, 7) is 9.91. The molecule has 2 nitrogen and oxygen atoms in total. The molecule has 1 atom stereocenters. The second-order valence-electron chi connectivity index (χ2n) is 5.96. The van der Waals surface area contributed by atoms with E-state index in [1.165, 1.54) is 44.9 Å². The van der Waals surface area contributed by atoms with Crippen LogP contribution in [-0.4, -0.2) is 11.8 Å². The Morgan fingerprint density at radius 3 is 1.95 bits per heavy atom. The summed E-state index contributed by atoms with van der Waals surface area (Å²) in [5, 5.41) is 0. The van der Waals surface area contributed by atoms with Crippen LogP contribution < -0.4 is 5.73 Å². The third-order valence-electron chi connectivity index (χ3n) is 4.93. The van der Waals surface area contributed by atoms with Crippen LogP contribution in [-0.2, 0) is 4.79 Å². The zero-order valence-electron chi connectivity index (χ0n) is 14.5. The molecule has 0 amide bonds. The van der Waals surface area contributed by atoms with Gasteiger partial charge in [-0.1, -0.05) is 41.0 Å². The third-order valence-corrected chi connectivity index (χ3v) is 4.93. The van der Waals surface area contributed by atoms with Crippen molar-refractivity contribution < 1.29 is 4.79 Å². The highest BCUT2D eigenvalue weighted by molar-refractivity contribution is 5.83. The number of carbonyl (C=O) groups excluding carboxylic acids is 1. The first-order chi connectivity index (χ1) is 9.65. The minimum Gasteiger partial charge on any atom is -0.322 e. The average molecular weight is 284 g/mol. The number of carbonyl (C=O) groups is 1. The van der Waals surface area contributed by atoms with Crippen molar-refractivity contribution in [3.63, 3.8) is 0 Å². The lowest BCUT2D eigenvalue weighted by Gasteiger charge is -2.47. The van der Waals surface area contributed by atoms with Gasteiger partial charge in [0, 0.05) is 6.42 Å². The fourth-order valence-electron chi connectivity index (χ4n) is 3.46. The molecule has 2 heteroatoms. The molecule has 20 heavy (non-hydrogen) atoms. The molecule has 1 spiro atoms. The van der Waals surface area contributed by atoms with Crippen molar-refractivity contribution >= 4 is 5.78 Å². The predicted molar refractivity (Wildman–Crippen MR) is 88.8 cm³/mol. The van der Waals surface area contributed by atoms with E-state index < -0.39 is 0 Å². The summed E-state index contributed by atoms with van der Waals surface area (Å²) in [5.41, 5.74) is 6.65. The molecule has 2 N–H and O–H groups in total. The number of rotatable bonds is 4. The van der Waals surface area contributed by atoms with Crippen LogP contribution in [0.15, 0.2) is 0 Å². The Kier molecular flexibility index (Phi) is 10.2. The number of ketones is 1. The van der Waals surface area contributed by atoms with Gasteiger partial charge in [-0.3, -0.25) is 4.79 Å². The zero-order chi connectivity index (χ0) is 15.6. The first-order valence-electron chi connectivity index (χ1n) is 8.93. The molecule has 0 saturated heterocycles. The maximum Gasteiger partial charge on any atom is 0.149 e. The fourth-order valence-corrected chi connectivity index (χ4v) is 3.46. The van der Waals surface area contributed by atoms with Gasteiger partial charge in [0.2, 0.25) is 0 Å². The molecule has 2 fully saturated rings. The van der Waals surface area contributed by atoms with Crippen LogP contribution >= 0.6 is 0 Å². The Morgan fingerprint density at radius 2 is 1.60 bits per heavy atom. The quantitative estimate of drug-likeness (QED) is 0.780. The standard InChI is InChI=1S/C14H25NO.2C2H6/c1-2-13(16)12(15)10-11-4-8-14(9-5-11)6-3-7-14;2*1-2/h11-12H,2-10,15H2,1H3;2*1-2H3. The van der Waals surface area contributed by atoms with Gasteiger partial charge >= 0.3 is 0 Å². The SMILES string of the molecule is CC.CC.CCC(=O)C(N)CC1CCC2(CCC2)CC1. The number of hydrogen-bond acceptors (Lipinski definition) is 2. The first kappa shape index (κ1) is 19.6. The molecule has 0 aromatic heterocycles. The lowest BCUT2D eigenvalue weighted by Crippen LogP contribution is -2.37. The molecule has 1 unspecified atom stereocenters. The molecular formula is C18H37NO. The van der Waals surface area contributed by atoms with Crippen molar-refractivity contribution in [2.75, 3.05) is 0 Å². The van der Waals surface area contributed by atoms with Gasteiger partial charge in [-0.2, -0.15) is 0 Å². The highest BCUT2D eigenvalue weighted by Crippen LogP contribution is 2.53. The molecule has 0 aromatic carbocycles. The highest BCUT2D eigenvalue weighted by Gasteiger charge is 2.40. The Bertz CT molecular complexity index is 248. The van der Waals surface area contributed by atoms with Crippen LogP contribution in [0.25, 0.3) is 0 Å². The van der Waals surface area contributed by atoms with Crippen molar-refractivity contribution in [1.29, 1.82) is 0 Å². The fraction of sp³-hybridized carbons (Fsp3) is 0.944. The average Bonchev–Trinajstić information content (AvgIpc) is 2.49. The van der Waals surface area contributed by atoms with Gasteiger partial charge in [-0.05, 0) is 56.3 Å². The number of nitrogens with two attached hydrogens (primary N) is 1. The molecule has 2 rings (SSSR count). The van der Waals surface area contributed by atoms with Gasteiger partial charge in [0.15, 0.2) is 0 Å². The third kappa shape index (κ3) is 5.55. The van der Waals surface area contributed by atoms with Crippen LogP contribution in [0.4, 0.5) is 0 Å². The van der Waals surface area contributed by atoms with E-state index in [2.05, 4.69) is 0 Å². The summed E-state index contributed by atoms with van der Waals surface area (Å²) in [4.78, 5) is 11.5. The highest BCUT2D eigenvalue weighted by atomic mass is 16.1. The molecule has 120 valence electrons. The van der Waals surface area contributed by atoms with Crippen LogP contribution in [0.1, 0.15) is 92.4 Å². The van der Waals surface area contributed by atoms with Crippen molar-refractivity contribution in [1.82, 2.24) is 0 Å². The molecule has 0 heterocycles. The van der Waals surface area contributed by atoms with E-state index in [0.717, 1.165) is 17.8 Å². The van der Waals surface area contributed by atoms with E-state index in [4.69, 9.17) is 5.73 Å². The second kappa shape index (κ2) is 10.4. The Hall–Kier alpha value is -0.370. The van der Waals surface area contributed by atoms with Crippen LogP contribution in [0, 0.1) is 11.3 Å². The van der Waals surface area contributed by atoms with E-state index in [0.29, 0.717) is 6.42 Å². The Labute approximate surface area is 126 Å². The minimum atomic E-state index is -0.189. The largest absolute Gasteiger partial charge is 0.322 e. The first-order valence-corrected chi connectivity index (χ1v) is 8.93. The monoisotopic (exact) mass is 283 g/mol. The molecule has 2 aliphatic rings. The normalized spacial score (nSPS) is 21.7. The zero-order valence-corrected chi connectivity index (χ0v) is 14.5. The molecular weight excluding hydrogens is 246 g/mol. The Morgan fingerprint density at radius 1 is 1.10 bits per heavy atom. The summed E-state index contributed by atoms with van der Waals surface area (Å²) >= 11 is 0. The van der Waals surface area contributed by atoms with Crippen molar-refractivity contribution in [3.05, 3.63) is 0 Å². The van der Waals surface area contributed by atoms with Crippen molar-refractivity contribution in [3.8, 4) is 0 Å². The number of Topliss-reactive ketones (excluding diaryl/α,β-unsaturated/α-hetero) is 1. The summed E-state index contributed by atoms with van der Waals surface area (Å²) in [5.74, 6) is 0.959. The smallest absolute Gasteiger partial charge is 0.149 e. The minimum absolute atomic E-state index is 0.189. The second-order valence-corrected chi connectivity index (χ2v) is 5.96. The number of hydrogen-bond donors (Lipinski definition) is 1. The topological polar surface area (TPSA) is 43.1 Å². The van der Waals surface area contributed by atoms with Crippen LogP contribution in [0.2, 0.25) is 0 Å². The van der Waals surface area contributed by atoms with E-state index >= 15 is 0 Å². The molecule has 2 aliphatic carbocycles. The molecule has 0 radical (unpaired) electrons. The molecule has 0 aromatic rings. The summed E-state index contributed by atoms with van der Waals surface area (Å²) in [6, 6.07) is -0.189. The van der Waals surface area contributed by atoms with Gasteiger partial charge in [0.25, 0.3) is 0 Å². The van der Waals surface area contributed by atoms with E-state index in [1.807, 2.05) is 34.6 Å². The summed E-state index contributed by atoms with van der Waals surface area (Å²) < 4.78 is 0. The summed E-state index contributed by atoms with van der Waals surface area (Å²) in [6.07, 6.45) is 11.3. The van der Waals surface area contributed by atoms with E-state index in [-0.39, 0.29) is 11.8 Å². The van der Waals surface area contributed by atoms with Crippen LogP contribution in [0.3, 0.4) is 0 Å². The lowest BCUT2D eigenvalue weighted by molar-refractivity contribution is -0.120.